The second-order valence-corrected chi connectivity index (χ2v) is 18.5. The van der Waals surface area contributed by atoms with E-state index in [2.05, 4.69) is 69.4 Å². The van der Waals surface area contributed by atoms with Crippen LogP contribution in [-0.2, 0) is 28.6 Å². The van der Waals surface area contributed by atoms with Gasteiger partial charge in [0.05, 0.1) is 0 Å². The van der Waals surface area contributed by atoms with Crippen LogP contribution in [0.25, 0.3) is 0 Å². The molecule has 6 nitrogen and oxygen atoms in total. The van der Waals surface area contributed by atoms with Gasteiger partial charge in [-0.15, -0.1) is 0 Å². The second-order valence-electron chi connectivity index (χ2n) is 18.5. The fourth-order valence-electron chi connectivity index (χ4n) is 7.96. The van der Waals surface area contributed by atoms with E-state index in [1.165, 1.54) is 161 Å². The molecule has 0 aromatic carbocycles. The summed E-state index contributed by atoms with van der Waals surface area (Å²) in [7, 11) is 0. The van der Waals surface area contributed by atoms with Gasteiger partial charge in [-0.05, 0) is 57.8 Å². The van der Waals surface area contributed by atoms with Crippen molar-refractivity contribution in [3.8, 4) is 0 Å². The minimum absolute atomic E-state index is 0.0858. The van der Waals surface area contributed by atoms with Crippen molar-refractivity contribution in [2.24, 2.45) is 0 Å². The molecule has 6 heteroatoms. The Morgan fingerprint density at radius 1 is 0.328 bits per heavy atom. The molecule has 0 aliphatic rings. The molecule has 0 radical (unpaired) electrons. The topological polar surface area (TPSA) is 78.9 Å². The first-order chi connectivity index (χ1) is 31.5. The van der Waals surface area contributed by atoms with Crippen molar-refractivity contribution in [2.75, 3.05) is 13.2 Å². The van der Waals surface area contributed by atoms with E-state index in [0.717, 1.165) is 77.0 Å². The summed E-state index contributed by atoms with van der Waals surface area (Å²) in [6.45, 7) is 6.52. The zero-order valence-electron chi connectivity index (χ0n) is 42.6. The maximum atomic E-state index is 12.8. The molecule has 0 saturated heterocycles. The first-order valence-electron chi connectivity index (χ1n) is 27.6. The van der Waals surface area contributed by atoms with Crippen molar-refractivity contribution in [3.05, 3.63) is 48.6 Å². The number of esters is 3. The summed E-state index contributed by atoms with van der Waals surface area (Å²) in [5, 5.41) is 0. The maximum absolute atomic E-state index is 12.8. The summed E-state index contributed by atoms with van der Waals surface area (Å²) < 4.78 is 16.8. The molecule has 0 aliphatic heterocycles. The second kappa shape index (κ2) is 53.0. The van der Waals surface area contributed by atoms with Crippen molar-refractivity contribution in [1.82, 2.24) is 0 Å². The molecular formula is C58H104O6. The molecule has 1 atom stereocenters. The van der Waals surface area contributed by atoms with Crippen LogP contribution >= 0.6 is 0 Å². The molecule has 64 heavy (non-hydrogen) atoms. The third-order valence-corrected chi connectivity index (χ3v) is 12.1. The molecule has 0 fully saturated rings. The Morgan fingerprint density at radius 2 is 0.609 bits per heavy atom. The van der Waals surface area contributed by atoms with Gasteiger partial charge in [0.25, 0.3) is 0 Å². The van der Waals surface area contributed by atoms with Gasteiger partial charge in [-0.1, -0.05) is 256 Å². The predicted molar refractivity (Wildman–Crippen MR) is 275 cm³/mol. The minimum Gasteiger partial charge on any atom is -0.462 e. The molecule has 0 amide bonds. The first kappa shape index (κ1) is 61.4. The molecule has 0 bridgehead atoms. The first-order valence-corrected chi connectivity index (χ1v) is 27.6. The average molecular weight is 897 g/mol. The Balaban J connectivity index is 4.35. The average Bonchev–Trinajstić information content (AvgIpc) is 3.29. The summed E-state index contributed by atoms with van der Waals surface area (Å²) in [6, 6.07) is 0. The highest BCUT2D eigenvalue weighted by molar-refractivity contribution is 5.71. The standard InChI is InChI=1S/C58H104O6/c1-4-7-10-13-16-19-22-25-27-28-29-30-32-33-36-39-42-45-48-51-57(60)63-54-55(53-62-56(59)50-47-44-41-38-35-24-21-18-15-12-9-6-3)64-58(61)52-49-46-43-40-37-34-31-26-23-20-17-14-11-8-5-2/h8,11,17,20,26,31,37,40,55H,4-7,9-10,12-16,18-19,21-25,27-30,32-36,38-39,41-54H2,1-3H3/b11-8-,20-17-,31-26-,40-37-/t55-/m0/s1. The van der Waals surface area contributed by atoms with E-state index in [9.17, 15) is 14.4 Å². The molecule has 0 aromatic heterocycles. The largest absolute Gasteiger partial charge is 0.462 e. The number of carbonyl (C=O) groups excluding carboxylic acids is 3. The number of hydrogen-bond donors (Lipinski definition) is 0. The normalized spacial score (nSPS) is 12.4. The predicted octanol–water partition coefficient (Wildman–Crippen LogP) is 18.3. The van der Waals surface area contributed by atoms with E-state index < -0.39 is 6.10 Å². The van der Waals surface area contributed by atoms with Crippen LogP contribution in [0.3, 0.4) is 0 Å². The molecule has 0 saturated carbocycles. The monoisotopic (exact) mass is 897 g/mol. The van der Waals surface area contributed by atoms with Crippen LogP contribution in [0.15, 0.2) is 48.6 Å². The zero-order valence-corrected chi connectivity index (χ0v) is 42.6. The number of rotatable bonds is 50. The van der Waals surface area contributed by atoms with Gasteiger partial charge >= 0.3 is 17.9 Å². The van der Waals surface area contributed by atoms with E-state index in [0.29, 0.717) is 19.3 Å². The van der Waals surface area contributed by atoms with Crippen molar-refractivity contribution in [3.63, 3.8) is 0 Å². The van der Waals surface area contributed by atoms with E-state index in [1.807, 2.05) is 0 Å². The fourth-order valence-corrected chi connectivity index (χ4v) is 7.96. The fraction of sp³-hybridized carbons (Fsp3) is 0.810. The van der Waals surface area contributed by atoms with Gasteiger partial charge in [0.15, 0.2) is 6.10 Å². The Morgan fingerprint density at radius 3 is 0.953 bits per heavy atom. The zero-order chi connectivity index (χ0) is 46.5. The van der Waals surface area contributed by atoms with Gasteiger partial charge in [-0.3, -0.25) is 14.4 Å². The third-order valence-electron chi connectivity index (χ3n) is 12.1. The van der Waals surface area contributed by atoms with Gasteiger partial charge in [-0.25, -0.2) is 0 Å². The molecule has 0 unspecified atom stereocenters. The Labute approximate surface area is 397 Å². The van der Waals surface area contributed by atoms with E-state index >= 15 is 0 Å². The van der Waals surface area contributed by atoms with Crippen molar-refractivity contribution < 1.29 is 28.6 Å². The smallest absolute Gasteiger partial charge is 0.306 e. The van der Waals surface area contributed by atoms with Gasteiger partial charge in [0, 0.05) is 19.3 Å². The van der Waals surface area contributed by atoms with Crippen LogP contribution in [0.5, 0.6) is 0 Å². The molecule has 372 valence electrons. The lowest BCUT2D eigenvalue weighted by Crippen LogP contribution is -2.30. The molecule has 0 N–H and O–H groups in total. The lowest BCUT2D eigenvalue weighted by atomic mass is 10.0. The lowest BCUT2D eigenvalue weighted by molar-refractivity contribution is -0.167. The van der Waals surface area contributed by atoms with E-state index in [4.69, 9.17) is 14.2 Å². The summed E-state index contributed by atoms with van der Waals surface area (Å²) in [5.74, 6) is -0.915. The van der Waals surface area contributed by atoms with Crippen LogP contribution in [0, 0.1) is 0 Å². The lowest BCUT2D eigenvalue weighted by Gasteiger charge is -2.18. The molecular weight excluding hydrogens is 793 g/mol. The Kier molecular flexibility index (Phi) is 50.8. The molecule has 0 aliphatic carbocycles. The van der Waals surface area contributed by atoms with Crippen LogP contribution in [0.2, 0.25) is 0 Å². The SMILES string of the molecule is CC/C=C\C/C=C\C/C=C\C/C=C\CCCCC(=O)O[C@@H](COC(=O)CCCCCCCCCCCCCC)COC(=O)CCCCCCCCCCCCCCCCCCCCC. The maximum Gasteiger partial charge on any atom is 0.306 e. The van der Waals surface area contributed by atoms with Gasteiger partial charge in [0.1, 0.15) is 13.2 Å². The quantitative estimate of drug-likeness (QED) is 0.0262. The highest BCUT2D eigenvalue weighted by Gasteiger charge is 2.19. The van der Waals surface area contributed by atoms with Gasteiger partial charge in [-0.2, -0.15) is 0 Å². The number of unbranched alkanes of at least 4 members (excludes halogenated alkanes) is 31. The molecule has 0 heterocycles. The van der Waals surface area contributed by atoms with Crippen LogP contribution in [-0.4, -0.2) is 37.2 Å². The summed E-state index contributed by atoms with van der Waals surface area (Å²) in [4.78, 5) is 38.0. The Bertz CT molecular complexity index is 1120. The summed E-state index contributed by atoms with van der Waals surface area (Å²) in [6.07, 6.45) is 63.9. The summed E-state index contributed by atoms with van der Waals surface area (Å²) >= 11 is 0. The molecule has 0 aromatic rings. The highest BCUT2D eigenvalue weighted by atomic mass is 16.6. The highest BCUT2D eigenvalue weighted by Crippen LogP contribution is 2.16. The van der Waals surface area contributed by atoms with Gasteiger partial charge < -0.3 is 14.2 Å². The summed E-state index contributed by atoms with van der Waals surface area (Å²) in [5.41, 5.74) is 0. The van der Waals surface area contributed by atoms with Crippen LogP contribution in [0.4, 0.5) is 0 Å². The van der Waals surface area contributed by atoms with Crippen molar-refractivity contribution in [1.29, 1.82) is 0 Å². The minimum atomic E-state index is -0.790. The molecule has 0 rings (SSSR count). The van der Waals surface area contributed by atoms with Crippen LogP contribution in [0.1, 0.15) is 284 Å². The van der Waals surface area contributed by atoms with Crippen molar-refractivity contribution in [2.45, 2.75) is 290 Å². The number of carbonyl (C=O) groups is 3. The number of hydrogen-bond acceptors (Lipinski definition) is 6. The third kappa shape index (κ3) is 50.4. The van der Waals surface area contributed by atoms with Crippen molar-refractivity contribution >= 4 is 17.9 Å². The van der Waals surface area contributed by atoms with E-state index in [1.54, 1.807) is 0 Å². The van der Waals surface area contributed by atoms with Crippen LogP contribution < -0.4 is 0 Å². The number of allylic oxidation sites excluding steroid dienone is 8. The number of ether oxygens (including phenoxy) is 3. The Hall–Kier alpha value is -2.63. The molecule has 0 spiro atoms. The van der Waals surface area contributed by atoms with Gasteiger partial charge in [0.2, 0.25) is 0 Å². The van der Waals surface area contributed by atoms with E-state index in [-0.39, 0.29) is 37.5 Å².